The van der Waals surface area contributed by atoms with E-state index >= 15 is 0 Å². The summed E-state index contributed by atoms with van der Waals surface area (Å²) in [6, 6.07) is 12.4. The number of aromatic nitrogens is 3. The summed E-state index contributed by atoms with van der Waals surface area (Å²) in [4.78, 5) is 22.5. The van der Waals surface area contributed by atoms with Crippen LogP contribution in [0.5, 0.6) is 0 Å². The first-order chi connectivity index (χ1) is 17.3. The molecule has 4 aromatic rings. The number of imidazole rings is 1. The van der Waals surface area contributed by atoms with E-state index in [0.29, 0.717) is 5.56 Å². The number of Topliss-reactive ketones (excluding diaryl/α,β-unsaturated/α-hetero) is 1. The van der Waals surface area contributed by atoms with Crippen molar-refractivity contribution in [2.24, 2.45) is 0 Å². The van der Waals surface area contributed by atoms with Gasteiger partial charge in [0.05, 0.1) is 24.2 Å². The maximum Gasteiger partial charge on any atom is 0.162 e. The number of carbonyl (C=O) groups excluding carboxylic acids is 1. The van der Waals surface area contributed by atoms with Gasteiger partial charge >= 0.3 is 0 Å². The van der Waals surface area contributed by atoms with Gasteiger partial charge in [-0.3, -0.25) is 9.20 Å². The van der Waals surface area contributed by atoms with Crippen molar-refractivity contribution in [1.29, 1.82) is 0 Å². The molecule has 3 aromatic heterocycles. The fourth-order valence-electron chi connectivity index (χ4n) is 5.45. The highest BCUT2D eigenvalue weighted by molar-refractivity contribution is 6.03. The van der Waals surface area contributed by atoms with E-state index in [9.17, 15) is 4.79 Å². The molecule has 6 nitrogen and oxygen atoms in total. The molecule has 0 unspecified atom stereocenters. The number of carbonyl (C=O) groups is 1. The van der Waals surface area contributed by atoms with Crippen molar-refractivity contribution >= 4 is 22.9 Å². The third-order valence-electron chi connectivity index (χ3n) is 7.40. The molecule has 0 bridgehead atoms. The quantitative estimate of drug-likeness (QED) is 0.306. The molecule has 0 amide bonds. The van der Waals surface area contributed by atoms with Crippen molar-refractivity contribution in [3.63, 3.8) is 0 Å². The third-order valence-corrected chi connectivity index (χ3v) is 7.40. The van der Waals surface area contributed by atoms with E-state index in [1.54, 1.807) is 6.92 Å². The van der Waals surface area contributed by atoms with Crippen molar-refractivity contribution in [3.8, 4) is 11.3 Å². The molecule has 0 aliphatic carbocycles. The van der Waals surface area contributed by atoms with Gasteiger partial charge in [0.15, 0.2) is 5.78 Å². The van der Waals surface area contributed by atoms with Crippen LogP contribution in [0.1, 0.15) is 66.9 Å². The molecule has 1 aliphatic rings. The van der Waals surface area contributed by atoms with Crippen molar-refractivity contribution in [2.75, 3.05) is 18.5 Å². The van der Waals surface area contributed by atoms with Crippen molar-refractivity contribution in [3.05, 3.63) is 76.7 Å². The first kappa shape index (κ1) is 24.2. The summed E-state index contributed by atoms with van der Waals surface area (Å²) in [6.07, 6.45) is 6.50. The molecule has 1 saturated heterocycles. The lowest BCUT2D eigenvalue weighted by Gasteiger charge is -2.25. The maximum absolute atomic E-state index is 13.0. The largest absolute Gasteiger partial charge is 0.380 e. The van der Waals surface area contributed by atoms with E-state index in [0.717, 1.165) is 72.1 Å². The van der Waals surface area contributed by atoms with Gasteiger partial charge in [-0.05, 0) is 74.1 Å². The van der Waals surface area contributed by atoms with Crippen LogP contribution in [-0.4, -0.2) is 33.4 Å². The molecule has 0 spiro atoms. The van der Waals surface area contributed by atoms with Gasteiger partial charge < -0.3 is 10.1 Å². The molecule has 6 heteroatoms. The molecule has 0 saturated carbocycles. The van der Waals surface area contributed by atoms with Gasteiger partial charge in [0.2, 0.25) is 0 Å². The van der Waals surface area contributed by atoms with Crippen LogP contribution >= 0.6 is 0 Å². The van der Waals surface area contributed by atoms with E-state index in [2.05, 4.69) is 66.7 Å². The second-order valence-corrected chi connectivity index (χ2v) is 10.0. The maximum atomic E-state index is 13.0. The lowest BCUT2D eigenvalue weighted by molar-refractivity contribution is 0.101. The highest BCUT2D eigenvalue weighted by Gasteiger charge is 2.34. The molecule has 1 atom stereocenters. The van der Waals surface area contributed by atoms with Crippen molar-refractivity contribution in [1.82, 2.24) is 14.4 Å². The smallest absolute Gasteiger partial charge is 0.162 e. The number of rotatable bonds is 7. The van der Waals surface area contributed by atoms with E-state index in [1.807, 2.05) is 24.5 Å². The van der Waals surface area contributed by atoms with Gasteiger partial charge in [-0.2, -0.15) is 0 Å². The van der Waals surface area contributed by atoms with E-state index in [1.165, 1.54) is 11.1 Å². The average molecular weight is 483 g/mol. The van der Waals surface area contributed by atoms with Gasteiger partial charge in [0.1, 0.15) is 11.5 Å². The number of anilines is 2. The van der Waals surface area contributed by atoms with Crippen LogP contribution in [0.25, 0.3) is 16.9 Å². The first-order valence-electron chi connectivity index (χ1n) is 12.8. The summed E-state index contributed by atoms with van der Waals surface area (Å²) in [5.41, 5.74) is 8.91. The summed E-state index contributed by atoms with van der Waals surface area (Å²) in [6.45, 7) is 11.7. The number of hydrogen-bond acceptors (Lipinski definition) is 5. The predicted molar refractivity (Wildman–Crippen MR) is 144 cm³/mol. The zero-order valence-electron chi connectivity index (χ0n) is 21.8. The molecule has 1 N–H and O–H groups in total. The summed E-state index contributed by atoms with van der Waals surface area (Å²) in [5, 5.41) is 3.47. The number of fused-ring (bicyclic) bond motifs is 1. The van der Waals surface area contributed by atoms with Crippen molar-refractivity contribution in [2.45, 2.75) is 59.3 Å². The highest BCUT2D eigenvalue weighted by Crippen LogP contribution is 2.37. The van der Waals surface area contributed by atoms with Crippen LogP contribution in [0.3, 0.4) is 0 Å². The lowest BCUT2D eigenvalue weighted by Crippen LogP contribution is -2.24. The molecule has 0 radical (unpaired) electrons. The Labute approximate surface area is 212 Å². The standard InChI is InChI=1S/C30H34N4O2/c1-6-21-22(26-17-31-28-16-19(3)12-14-34(26)28)8-10-25(29(21)20(4)35)33-27-11-9-23(24(7-2)32-27)30(5)13-15-36-18-30/h8-12,14,16-17H,6-7,13,15,18H2,1-5H3,(H,32,33)/t30-/m0/s1. The molecule has 1 fully saturated rings. The predicted octanol–water partition coefficient (Wildman–Crippen LogP) is 6.45. The Hall–Kier alpha value is -3.51. The number of nitrogens with zero attached hydrogens (tertiary/aromatic N) is 3. The Morgan fingerprint density at radius 3 is 2.69 bits per heavy atom. The van der Waals surface area contributed by atoms with Crippen LogP contribution in [0.15, 0.2) is 48.8 Å². The molecular formula is C30H34N4O2. The minimum absolute atomic E-state index is 0.00496. The number of pyridine rings is 2. The number of aryl methyl sites for hydroxylation is 2. The molecule has 4 heterocycles. The van der Waals surface area contributed by atoms with Crippen LogP contribution < -0.4 is 5.32 Å². The molecular weight excluding hydrogens is 448 g/mol. The van der Waals surface area contributed by atoms with Crippen LogP contribution in [0.2, 0.25) is 0 Å². The first-order valence-corrected chi connectivity index (χ1v) is 12.8. The Bertz CT molecular complexity index is 1450. The molecule has 36 heavy (non-hydrogen) atoms. The molecule has 186 valence electrons. The van der Waals surface area contributed by atoms with Crippen LogP contribution in [0, 0.1) is 6.92 Å². The summed E-state index contributed by atoms with van der Waals surface area (Å²) < 4.78 is 7.78. The second-order valence-electron chi connectivity index (χ2n) is 10.0. The summed E-state index contributed by atoms with van der Waals surface area (Å²) >= 11 is 0. The van der Waals surface area contributed by atoms with Gasteiger partial charge in [-0.25, -0.2) is 9.97 Å². The molecule has 5 rings (SSSR count). The van der Waals surface area contributed by atoms with Gasteiger partial charge in [-0.15, -0.1) is 0 Å². The lowest BCUT2D eigenvalue weighted by atomic mass is 9.80. The zero-order chi connectivity index (χ0) is 25.4. The Balaban J connectivity index is 1.56. The fraction of sp³-hybridized carbons (Fsp3) is 0.367. The number of ketones is 1. The number of nitrogens with one attached hydrogen (secondary N) is 1. The monoisotopic (exact) mass is 482 g/mol. The fourth-order valence-corrected chi connectivity index (χ4v) is 5.45. The van der Waals surface area contributed by atoms with E-state index in [-0.39, 0.29) is 11.2 Å². The van der Waals surface area contributed by atoms with Gasteiger partial charge in [0, 0.05) is 35.0 Å². The van der Waals surface area contributed by atoms with Crippen LogP contribution in [-0.2, 0) is 23.0 Å². The summed E-state index contributed by atoms with van der Waals surface area (Å²) in [7, 11) is 0. The molecule has 1 aliphatic heterocycles. The Morgan fingerprint density at radius 2 is 2.00 bits per heavy atom. The van der Waals surface area contributed by atoms with Crippen molar-refractivity contribution < 1.29 is 9.53 Å². The third kappa shape index (κ3) is 4.20. The number of benzene rings is 1. The second kappa shape index (κ2) is 9.51. The van der Waals surface area contributed by atoms with Gasteiger partial charge in [-0.1, -0.05) is 32.9 Å². The minimum atomic E-state index is 0.00496. The topological polar surface area (TPSA) is 68.5 Å². The molecule has 1 aromatic carbocycles. The van der Waals surface area contributed by atoms with E-state index in [4.69, 9.17) is 9.72 Å². The highest BCUT2D eigenvalue weighted by atomic mass is 16.5. The van der Waals surface area contributed by atoms with Crippen LogP contribution in [0.4, 0.5) is 11.5 Å². The Kier molecular flexibility index (Phi) is 6.39. The summed E-state index contributed by atoms with van der Waals surface area (Å²) in [5.74, 6) is 0.782. The zero-order valence-corrected chi connectivity index (χ0v) is 21.8. The number of hydrogen-bond donors (Lipinski definition) is 1. The average Bonchev–Trinajstić information content (AvgIpc) is 3.49. The normalized spacial score (nSPS) is 17.6. The Morgan fingerprint density at radius 1 is 1.17 bits per heavy atom. The number of ether oxygens (including phenoxy) is 1. The minimum Gasteiger partial charge on any atom is -0.380 e. The van der Waals surface area contributed by atoms with E-state index < -0.39 is 0 Å². The SMILES string of the molecule is CCc1nc(Nc2ccc(-c3cnc4cc(C)ccn34)c(CC)c2C(C)=O)ccc1[C@@]1(C)CCOC1. The van der Waals surface area contributed by atoms with Gasteiger partial charge in [0.25, 0.3) is 0 Å².